The molecule has 8 rings (SSSR count). The van der Waals surface area contributed by atoms with E-state index >= 15 is 0 Å². The van der Waals surface area contributed by atoms with Gasteiger partial charge in [-0.15, -0.1) is 0 Å². The number of hydrogen-bond acceptors (Lipinski definition) is 1. The molecule has 0 aromatic heterocycles. The zero-order valence-electron chi connectivity index (χ0n) is 19.0. The van der Waals surface area contributed by atoms with Crippen LogP contribution in [-0.2, 0) is 15.4 Å². The van der Waals surface area contributed by atoms with Gasteiger partial charge in [0.1, 0.15) is 5.60 Å². The minimum absolute atomic E-state index is 0.171. The van der Waals surface area contributed by atoms with Gasteiger partial charge in [0.2, 0.25) is 0 Å². The lowest BCUT2D eigenvalue weighted by Gasteiger charge is -2.55. The molecule has 2 heteroatoms. The topological polar surface area (TPSA) is 9.23 Å². The molecular weight excluding hydrogens is 404 g/mol. The number of hydrogen-bond donors (Lipinski definition) is 0. The van der Waals surface area contributed by atoms with E-state index in [1.807, 2.05) is 0 Å². The van der Waals surface area contributed by atoms with E-state index in [-0.39, 0.29) is 5.41 Å². The lowest BCUT2D eigenvalue weighted by Crippen LogP contribution is -2.56. The molecule has 0 saturated carbocycles. The largest absolute Gasteiger partial charge is 0.391 e. The first-order valence-electron chi connectivity index (χ1n) is 11.6. The van der Waals surface area contributed by atoms with Crippen molar-refractivity contribution in [2.24, 2.45) is 0 Å². The van der Waals surface area contributed by atoms with Gasteiger partial charge in [-0.25, -0.2) is 0 Å². The predicted molar refractivity (Wildman–Crippen MR) is 133 cm³/mol. The fraction of sp³-hybridized carbons (Fsp3) is 0.200. The highest BCUT2D eigenvalue weighted by Gasteiger charge is 2.66. The van der Waals surface area contributed by atoms with E-state index in [4.69, 9.17) is 4.43 Å². The molecule has 0 fully saturated rings. The Morgan fingerprint density at radius 3 is 1.75 bits per heavy atom. The number of aryl methyl sites for hydroxylation is 2. The van der Waals surface area contributed by atoms with Gasteiger partial charge in [-0.3, -0.25) is 0 Å². The van der Waals surface area contributed by atoms with Crippen molar-refractivity contribution >= 4 is 18.7 Å². The summed E-state index contributed by atoms with van der Waals surface area (Å²) >= 11 is 0. The van der Waals surface area contributed by atoms with Crippen LogP contribution in [0.2, 0.25) is 6.55 Å². The van der Waals surface area contributed by atoms with Crippen LogP contribution in [0.1, 0.15) is 51.4 Å². The van der Waals surface area contributed by atoms with Crippen molar-refractivity contribution in [2.75, 3.05) is 0 Å². The molecular formula is C30H26OSi. The van der Waals surface area contributed by atoms with Gasteiger partial charge in [-0.2, -0.15) is 0 Å². The summed E-state index contributed by atoms with van der Waals surface area (Å²) in [7, 11) is -2.44. The predicted octanol–water partition coefficient (Wildman–Crippen LogP) is 5.30. The quantitative estimate of drug-likeness (QED) is 0.373. The second kappa shape index (κ2) is 5.69. The van der Waals surface area contributed by atoms with Crippen molar-refractivity contribution in [3.8, 4) is 0 Å². The maximum Gasteiger partial charge on any atom is 0.255 e. The minimum Gasteiger partial charge on any atom is -0.391 e. The van der Waals surface area contributed by atoms with Crippen LogP contribution in [0.5, 0.6) is 0 Å². The Labute approximate surface area is 190 Å². The van der Waals surface area contributed by atoms with Gasteiger partial charge < -0.3 is 4.43 Å². The molecule has 4 aromatic rings. The van der Waals surface area contributed by atoms with Crippen LogP contribution in [0.4, 0.5) is 0 Å². The van der Waals surface area contributed by atoms with Crippen molar-refractivity contribution in [2.45, 2.75) is 38.3 Å². The normalized spacial score (nSPS) is 28.2. The summed E-state index contributed by atoms with van der Waals surface area (Å²) in [6.45, 7) is 9.36. The standard InChI is InChI=1S/C30H26OSi/c1-19-11-8-15-22-26(19)30-27-20(2)12-9-16-23(27)29(22,3)24-17-10-18-25(28(24)30)32(4,31-30)21-13-6-5-7-14-21/h5-18H,1-4H3. The molecule has 4 aliphatic rings. The highest BCUT2D eigenvalue weighted by atomic mass is 28.4. The molecule has 1 spiro atoms. The van der Waals surface area contributed by atoms with Crippen LogP contribution in [-0.4, -0.2) is 8.32 Å². The third kappa shape index (κ3) is 1.80. The lowest BCUT2D eigenvalue weighted by atomic mass is 9.51. The molecule has 1 aliphatic heterocycles. The molecule has 32 heavy (non-hydrogen) atoms. The van der Waals surface area contributed by atoms with E-state index < -0.39 is 13.9 Å². The van der Waals surface area contributed by atoms with Crippen LogP contribution in [0, 0.1) is 13.8 Å². The summed E-state index contributed by atoms with van der Waals surface area (Å²) in [6, 6.07) is 31.6. The fourth-order valence-electron chi connectivity index (χ4n) is 7.14. The van der Waals surface area contributed by atoms with Crippen molar-refractivity contribution in [3.05, 3.63) is 129 Å². The number of benzene rings is 4. The molecule has 1 unspecified atom stereocenters. The van der Waals surface area contributed by atoms with E-state index in [0.29, 0.717) is 0 Å². The second-order valence-electron chi connectivity index (χ2n) is 10.0. The first-order chi connectivity index (χ1) is 15.4. The van der Waals surface area contributed by atoms with Gasteiger partial charge >= 0.3 is 0 Å². The summed E-state index contributed by atoms with van der Waals surface area (Å²) in [4.78, 5) is 0. The summed E-state index contributed by atoms with van der Waals surface area (Å²) in [5.74, 6) is 0. The first-order valence-corrected chi connectivity index (χ1v) is 14.0. The monoisotopic (exact) mass is 430 g/mol. The Kier molecular flexibility index (Phi) is 3.31. The van der Waals surface area contributed by atoms with E-state index in [1.54, 1.807) is 0 Å². The van der Waals surface area contributed by atoms with Crippen LogP contribution >= 0.6 is 0 Å². The second-order valence-corrected chi connectivity index (χ2v) is 13.4. The van der Waals surface area contributed by atoms with Crippen molar-refractivity contribution in [1.29, 1.82) is 0 Å². The van der Waals surface area contributed by atoms with E-state index in [1.165, 1.54) is 54.9 Å². The fourth-order valence-corrected chi connectivity index (χ4v) is 10.6. The summed E-state index contributed by atoms with van der Waals surface area (Å²) < 4.78 is 7.66. The van der Waals surface area contributed by atoms with Crippen LogP contribution in [0.3, 0.4) is 0 Å². The molecule has 0 N–H and O–H groups in total. The van der Waals surface area contributed by atoms with Gasteiger partial charge in [-0.05, 0) is 82.2 Å². The Hall–Kier alpha value is -2.94. The average Bonchev–Trinajstić information content (AvgIpc) is 3.08. The molecule has 0 amide bonds. The molecule has 2 bridgehead atoms. The van der Waals surface area contributed by atoms with Crippen molar-refractivity contribution in [3.63, 3.8) is 0 Å². The van der Waals surface area contributed by atoms with Crippen LogP contribution in [0.25, 0.3) is 0 Å². The third-order valence-electron chi connectivity index (χ3n) is 8.48. The summed E-state index contributed by atoms with van der Waals surface area (Å²) in [5, 5.41) is 2.78. The first kappa shape index (κ1) is 18.6. The van der Waals surface area contributed by atoms with Gasteiger partial charge in [0.05, 0.1) is 0 Å². The van der Waals surface area contributed by atoms with Gasteiger partial charge in [0.15, 0.2) is 0 Å². The molecule has 0 saturated heterocycles. The van der Waals surface area contributed by atoms with E-state index in [2.05, 4.69) is 112 Å². The van der Waals surface area contributed by atoms with Crippen LogP contribution in [0.15, 0.2) is 84.9 Å². The Morgan fingerprint density at radius 2 is 1.16 bits per heavy atom. The highest BCUT2D eigenvalue weighted by Crippen LogP contribution is 2.65. The highest BCUT2D eigenvalue weighted by molar-refractivity contribution is 6.97. The summed E-state index contributed by atoms with van der Waals surface area (Å²) in [5.41, 5.74) is 10.4. The van der Waals surface area contributed by atoms with Gasteiger partial charge in [0, 0.05) is 5.41 Å². The Bertz CT molecular complexity index is 1400. The van der Waals surface area contributed by atoms with E-state index in [0.717, 1.165) is 0 Å². The molecule has 1 atom stereocenters. The summed E-state index contributed by atoms with van der Waals surface area (Å²) in [6.07, 6.45) is 0. The molecule has 4 aromatic carbocycles. The van der Waals surface area contributed by atoms with Crippen molar-refractivity contribution in [1.82, 2.24) is 0 Å². The number of rotatable bonds is 1. The maximum absolute atomic E-state index is 7.66. The minimum atomic E-state index is -2.44. The van der Waals surface area contributed by atoms with Gasteiger partial charge in [-0.1, -0.05) is 84.9 Å². The molecule has 156 valence electrons. The lowest BCUT2D eigenvalue weighted by molar-refractivity contribution is 0.146. The zero-order chi connectivity index (χ0) is 21.9. The Balaban J connectivity index is 1.72. The maximum atomic E-state index is 7.66. The molecule has 1 heterocycles. The average molecular weight is 431 g/mol. The molecule has 3 aliphatic carbocycles. The van der Waals surface area contributed by atoms with Crippen molar-refractivity contribution < 1.29 is 4.43 Å². The molecule has 0 radical (unpaired) electrons. The molecule has 1 nitrogen and oxygen atoms in total. The Morgan fingerprint density at radius 1 is 0.625 bits per heavy atom. The van der Waals surface area contributed by atoms with Crippen LogP contribution < -0.4 is 10.4 Å². The zero-order valence-corrected chi connectivity index (χ0v) is 20.0. The van der Waals surface area contributed by atoms with E-state index in [9.17, 15) is 0 Å². The SMILES string of the molecule is Cc1cccc2c1C13O[Si](C)(c4ccccc4)c4cccc(c41)C2(C)c1cccc(C)c13. The smallest absolute Gasteiger partial charge is 0.255 e. The van der Waals surface area contributed by atoms with Gasteiger partial charge in [0.25, 0.3) is 8.32 Å². The third-order valence-corrected chi connectivity index (χ3v) is 12.1.